The van der Waals surface area contributed by atoms with Crippen LogP contribution in [0.2, 0.25) is 0 Å². The molecule has 1 fully saturated rings. The van der Waals surface area contributed by atoms with E-state index in [1.807, 2.05) is 18.2 Å². The molecule has 1 unspecified atom stereocenters. The van der Waals surface area contributed by atoms with Gasteiger partial charge in [-0.05, 0) is 34.4 Å². The highest BCUT2D eigenvalue weighted by atomic mass is 32.1. The summed E-state index contributed by atoms with van der Waals surface area (Å²) < 4.78 is 5.45. The number of benzene rings is 1. The van der Waals surface area contributed by atoms with Crippen molar-refractivity contribution in [3.63, 3.8) is 0 Å². The number of nitrogens with one attached hydrogen (secondary N) is 1. The third kappa shape index (κ3) is 4.90. The Kier molecular flexibility index (Phi) is 6.41. The number of aryl methyl sites for hydroxylation is 1. The van der Waals surface area contributed by atoms with E-state index in [1.54, 1.807) is 11.3 Å². The molecule has 128 valence electrons. The number of amides is 1. The molecule has 1 aromatic carbocycles. The Bertz CT molecular complexity index is 610. The first-order chi connectivity index (χ1) is 11.8. The molecule has 2 aromatic rings. The van der Waals surface area contributed by atoms with E-state index in [9.17, 15) is 4.79 Å². The summed E-state index contributed by atoms with van der Waals surface area (Å²) in [5, 5.41) is 7.40. The van der Waals surface area contributed by atoms with Crippen molar-refractivity contribution in [2.24, 2.45) is 0 Å². The molecule has 5 heteroatoms. The summed E-state index contributed by atoms with van der Waals surface area (Å²) in [6.45, 7) is 4.02. The first kappa shape index (κ1) is 17.1. The number of thiophene rings is 1. The lowest BCUT2D eigenvalue weighted by atomic mass is 10.1. The zero-order valence-corrected chi connectivity index (χ0v) is 14.6. The third-order valence-corrected chi connectivity index (χ3v) is 5.09. The normalized spacial score (nSPS) is 16.7. The first-order valence-electron chi connectivity index (χ1n) is 8.47. The second-order valence-electron chi connectivity index (χ2n) is 6.01. The van der Waals surface area contributed by atoms with E-state index >= 15 is 0 Å². The monoisotopic (exact) mass is 344 g/mol. The number of rotatable bonds is 7. The smallest absolute Gasteiger partial charge is 0.220 e. The van der Waals surface area contributed by atoms with Gasteiger partial charge in [0.25, 0.3) is 0 Å². The van der Waals surface area contributed by atoms with Crippen LogP contribution >= 0.6 is 11.3 Å². The number of ether oxygens (including phenoxy) is 1. The zero-order valence-electron chi connectivity index (χ0n) is 13.8. The molecular weight excluding hydrogens is 320 g/mol. The standard InChI is InChI=1S/C19H24N2O2S/c22-19(7-6-16-4-2-1-3-5-16)20-14-18(17-8-13-24-15-17)21-9-11-23-12-10-21/h1-5,8,13,15,18H,6-7,9-12,14H2,(H,20,22). The molecule has 0 bridgehead atoms. The van der Waals surface area contributed by atoms with Crippen molar-refractivity contribution in [3.8, 4) is 0 Å². The van der Waals surface area contributed by atoms with Gasteiger partial charge in [-0.1, -0.05) is 30.3 Å². The Labute approximate surface area is 147 Å². The lowest BCUT2D eigenvalue weighted by Gasteiger charge is -2.34. The van der Waals surface area contributed by atoms with Gasteiger partial charge in [0.05, 0.1) is 19.3 Å². The maximum Gasteiger partial charge on any atom is 0.220 e. The lowest BCUT2D eigenvalue weighted by molar-refractivity contribution is -0.121. The van der Waals surface area contributed by atoms with Crippen LogP contribution in [0, 0.1) is 0 Å². The van der Waals surface area contributed by atoms with Crippen molar-refractivity contribution in [2.75, 3.05) is 32.8 Å². The molecule has 1 saturated heterocycles. The third-order valence-electron chi connectivity index (χ3n) is 4.39. The van der Waals surface area contributed by atoms with Gasteiger partial charge in [0.1, 0.15) is 0 Å². The summed E-state index contributed by atoms with van der Waals surface area (Å²) in [7, 11) is 0. The van der Waals surface area contributed by atoms with E-state index in [0.29, 0.717) is 13.0 Å². The molecule has 4 nitrogen and oxygen atoms in total. The number of hydrogen-bond donors (Lipinski definition) is 1. The maximum absolute atomic E-state index is 12.2. The molecule has 1 amide bonds. The molecule has 24 heavy (non-hydrogen) atoms. The van der Waals surface area contributed by atoms with Crippen LogP contribution in [-0.4, -0.2) is 43.7 Å². The van der Waals surface area contributed by atoms with E-state index in [2.05, 4.69) is 39.2 Å². The van der Waals surface area contributed by atoms with Crippen molar-refractivity contribution in [3.05, 3.63) is 58.3 Å². The first-order valence-corrected chi connectivity index (χ1v) is 9.42. The van der Waals surface area contributed by atoms with Crippen molar-refractivity contribution in [1.29, 1.82) is 0 Å². The van der Waals surface area contributed by atoms with E-state index in [0.717, 1.165) is 32.7 Å². The minimum absolute atomic E-state index is 0.118. The highest BCUT2D eigenvalue weighted by Gasteiger charge is 2.23. The van der Waals surface area contributed by atoms with Gasteiger partial charge in [0.2, 0.25) is 5.91 Å². The van der Waals surface area contributed by atoms with Crippen LogP contribution < -0.4 is 5.32 Å². The van der Waals surface area contributed by atoms with E-state index in [-0.39, 0.29) is 11.9 Å². The molecule has 0 aliphatic carbocycles. The molecule has 0 radical (unpaired) electrons. The minimum atomic E-state index is 0.118. The molecular formula is C19H24N2O2S. The fraction of sp³-hybridized carbons (Fsp3) is 0.421. The second kappa shape index (κ2) is 8.97. The highest BCUT2D eigenvalue weighted by molar-refractivity contribution is 7.07. The van der Waals surface area contributed by atoms with Crippen molar-refractivity contribution in [1.82, 2.24) is 10.2 Å². The van der Waals surface area contributed by atoms with Crippen LogP contribution in [0.4, 0.5) is 0 Å². The minimum Gasteiger partial charge on any atom is -0.379 e. The summed E-state index contributed by atoms with van der Waals surface area (Å²) in [5.74, 6) is 0.118. The van der Waals surface area contributed by atoms with E-state index in [4.69, 9.17) is 4.74 Å². The van der Waals surface area contributed by atoms with Crippen molar-refractivity contribution < 1.29 is 9.53 Å². The quantitative estimate of drug-likeness (QED) is 0.840. The van der Waals surface area contributed by atoms with Crippen molar-refractivity contribution >= 4 is 17.2 Å². The average molecular weight is 344 g/mol. The molecule has 1 aliphatic heterocycles. The molecule has 3 rings (SSSR count). The summed E-state index contributed by atoms with van der Waals surface area (Å²) in [6, 6.07) is 12.5. The summed E-state index contributed by atoms with van der Waals surface area (Å²) in [4.78, 5) is 14.6. The van der Waals surface area contributed by atoms with Crippen LogP contribution in [-0.2, 0) is 16.0 Å². The molecule has 0 spiro atoms. The Morgan fingerprint density at radius 1 is 1.21 bits per heavy atom. The van der Waals surface area contributed by atoms with Gasteiger partial charge in [-0.15, -0.1) is 0 Å². The molecule has 1 aromatic heterocycles. The van der Waals surface area contributed by atoms with Crippen LogP contribution in [0.15, 0.2) is 47.2 Å². The number of carbonyl (C=O) groups excluding carboxylic acids is 1. The lowest BCUT2D eigenvalue weighted by Crippen LogP contribution is -2.43. The molecule has 1 aliphatic rings. The van der Waals surface area contributed by atoms with Gasteiger partial charge in [-0.2, -0.15) is 11.3 Å². The summed E-state index contributed by atoms with van der Waals surface area (Å²) in [6.07, 6.45) is 1.32. The topological polar surface area (TPSA) is 41.6 Å². The largest absolute Gasteiger partial charge is 0.379 e. The van der Waals surface area contributed by atoms with Crippen LogP contribution in [0.25, 0.3) is 0 Å². The van der Waals surface area contributed by atoms with Gasteiger partial charge >= 0.3 is 0 Å². The number of hydrogen-bond acceptors (Lipinski definition) is 4. The zero-order chi connectivity index (χ0) is 16.6. The molecule has 0 saturated carbocycles. The maximum atomic E-state index is 12.2. The second-order valence-corrected chi connectivity index (χ2v) is 6.79. The Morgan fingerprint density at radius 2 is 2.00 bits per heavy atom. The average Bonchev–Trinajstić information content (AvgIpc) is 3.16. The Hall–Kier alpha value is -1.69. The fourth-order valence-corrected chi connectivity index (χ4v) is 3.72. The van der Waals surface area contributed by atoms with E-state index in [1.165, 1.54) is 11.1 Å². The predicted molar refractivity (Wildman–Crippen MR) is 97.2 cm³/mol. The van der Waals surface area contributed by atoms with Gasteiger partial charge in [0, 0.05) is 26.1 Å². The van der Waals surface area contributed by atoms with Crippen molar-refractivity contribution in [2.45, 2.75) is 18.9 Å². The van der Waals surface area contributed by atoms with E-state index < -0.39 is 0 Å². The molecule has 1 atom stereocenters. The Morgan fingerprint density at radius 3 is 2.71 bits per heavy atom. The molecule has 2 heterocycles. The highest BCUT2D eigenvalue weighted by Crippen LogP contribution is 2.23. The molecule has 1 N–H and O–H groups in total. The van der Waals surface area contributed by atoms with Gasteiger partial charge < -0.3 is 10.1 Å². The number of nitrogens with zero attached hydrogens (tertiary/aromatic N) is 1. The van der Waals surface area contributed by atoms with Crippen LogP contribution in [0.1, 0.15) is 23.6 Å². The van der Waals surface area contributed by atoms with Gasteiger partial charge in [-0.3, -0.25) is 9.69 Å². The number of carbonyl (C=O) groups is 1. The van der Waals surface area contributed by atoms with Crippen LogP contribution in [0.5, 0.6) is 0 Å². The fourth-order valence-electron chi connectivity index (χ4n) is 3.01. The van der Waals surface area contributed by atoms with Gasteiger partial charge in [0.15, 0.2) is 0 Å². The van der Waals surface area contributed by atoms with Gasteiger partial charge in [-0.25, -0.2) is 0 Å². The van der Waals surface area contributed by atoms with Crippen LogP contribution in [0.3, 0.4) is 0 Å². The SMILES string of the molecule is O=C(CCc1ccccc1)NCC(c1ccsc1)N1CCOCC1. The predicted octanol–water partition coefficient (Wildman–Crippen LogP) is 2.87. The Balaban J connectivity index is 1.52. The number of morpholine rings is 1. The summed E-state index contributed by atoms with van der Waals surface area (Å²) >= 11 is 1.70. The summed E-state index contributed by atoms with van der Waals surface area (Å²) in [5.41, 5.74) is 2.49.